The number of nitrogens with zero attached hydrogens (tertiary/aromatic N) is 2. The zero-order valence-electron chi connectivity index (χ0n) is 11.1. The zero-order valence-corrected chi connectivity index (χ0v) is 11.1. The van der Waals surface area contributed by atoms with E-state index in [9.17, 15) is 4.79 Å². The molecule has 1 saturated heterocycles. The maximum Gasteiger partial charge on any atom is 0.251 e. The van der Waals surface area contributed by atoms with E-state index < -0.39 is 5.91 Å². The summed E-state index contributed by atoms with van der Waals surface area (Å²) in [5, 5.41) is 0. The lowest BCUT2D eigenvalue weighted by atomic mass is 10.0. The summed E-state index contributed by atoms with van der Waals surface area (Å²) in [6.45, 7) is 4.43. The highest BCUT2D eigenvalue weighted by Gasteiger charge is 2.17. The first-order chi connectivity index (χ1) is 9.06. The molecule has 2 heterocycles. The predicted molar refractivity (Wildman–Crippen MR) is 72.5 cm³/mol. The van der Waals surface area contributed by atoms with Gasteiger partial charge in [-0.15, -0.1) is 0 Å². The molecule has 2 rings (SSSR count). The van der Waals surface area contributed by atoms with Crippen molar-refractivity contribution in [1.29, 1.82) is 0 Å². The van der Waals surface area contributed by atoms with Gasteiger partial charge in [0.1, 0.15) is 18.6 Å². The maximum atomic E-state index is 10.9. The summed E-state index contributed by atoms with van der Waals surface area (Å²) in [6.07, 6.45) is 3.72. The molecule has 19 heavy (non-hydrogen) atoms. The fraction of sp³-hybridized carbons (Fsp3) is 0.538. The number of piperidine rings is 1. The van der Waals surface area contributed by atoms with Crippen LogP contribution >= 0.6 is 0 Å². The number of primary amides is 1. The van der Waals surface area contributed by atoms with E-state index in [1.165, 1.54) is 12.7 Å². The van der Waals surface area contributed by atoms with Gasteiger partial charge in [-0.3, -0.25) is 4.79 Å². The Labute approximate surface area is 112 Å². The zero-order chi connectivity index (χ0) is 13.8. The Balaban J connectivity index is 1.94. The molecule has 6 nitrogen and oxygen atoms in total. The molecule has 1 fully saturated rings. The van der Waals surface area contributed by atoms with Crippen LogP contribution in [0.15, 0.2) is 21.7 Å². The molecular formula is C13H20N4O2. The Bertz CT molecular complexity index is 481. The third-order valence-corrected chi connectivity index (χ3v) is 3.32. The van der Waals surface area contributed by atoms with Gasteiger partial charge in [-0.05, 0) is 24.8 Å². The summed E-state index contributed by atoms with van der Waals surface area (Å²) in [5.41, 5.74) is 11.5. The van der Waals surface area contributed by atoms with Crippen LogP contribution in [0.2, 0.25) is 0 Å². The third kappa shape index (κ3) is 3.49. The Morgan fingerprint density at radius 3 is 3.00 bits per heavy atom. The van der Waals surface area contributed by atoms with Crippen molar-refractivity contribution < 1.29 is 9.21 Å². The van der Waals surface area contributed by atoms with Crippen LogP contribution in [0.25, 0.3) is 0 Å². The number of hydrogen-bond acceptors (Lipinski definition) is 3. The SMILES string of the molecule is CC1CCCN(C(N)=NCc2cc(C(N)=O)co2)C1. The molecule has 1 atom stereocenters. The molecule has 104 valence electrons. The first kappa shape index (κ1) is 13.5. The minimum absolute atomic E-state index is 0.323. The molecule has 0 aliphatic carbocycles. The van der Waals surface area contributed by atoms with Crippen LogP contribution in [0, 0.1) is 5.92 Å². The molecule has 0 saturated carbocycles. The van der Waals surface area contributed by atoms with Crippen molar-refractivity contribution in [2.75, 3.05) is 13.1 Å². The normalized spacial score (nSPS) is 20.6. The van der Waals surface area contributed by atoms with E-state index in [0.717, 1.165) is 19.5 Å². The molecule has 0 bridgehead atoms. The van der Waals surface area contributed by atoms with Gasteiger partial charge in [-0.25, -0.2) is 4.99 Å². The van der Waals surface area contributed by atoms with E-state index in [1.54, 1.807) is 6.07 Å². The molecule has 1 aromatic rings. The average Bonchev–Trinajstić information content (AvgIpc) is 2.85. The number of carbonyl (C=O) groups is 1. The molecular weight excluding hydrogens is 244 g/mol. The molecule has 6 heteroatoms. The summed E-state index contributed by atoms with van der Waals surface area (Å²) in [7, 11) is 0. The van der Waals surface area contributed by atoms with Crippen molar-refractivity contribution in [3.05, 3.63) is 23.7 Å². The molecule has 1 aliphatic heterocycles. The van der Waals surface area contributed by atoms with Crippen LogP contribution in [0.4, 0.5) is 0 Å². The number of likely N-dealkylation sites (tertiary alicyclic amines) is 1. The third-order valence-electron chi connectivity index (χ3n) is 3.32. The Morgan fingerprint density at radius 2 is 2.37 bits per heavy atom. The van der Waals surface area contributed by atoms with Crippen LogP contribution in [0.3, 0.4) is 0 Å². The highest BCUT2D eigenvalue weighted by molar-refractivity contribution is 5.92. The second-order valence-electron chi connectivity index (χ2n) is 5.03. The van der Waals surface area contributed by atoms with Crippen molar-refractivity contribution in [1.82, 2.24) is 4.90 Å². The standard InChI is InChI=1S/C13H20N4O2/c1-9-3-2-4-17(7-9)13(15)16-6-11-5-10(8-19-11)12(14)18/h5,8-9H,2-4,6-7H2,1H3,(H2,14,18)(H2,15,16). The average molecular weight is 264 g/mol. The van der Waals surface area contributed by atoms with Crippen LogP contribution in [0.5, 0.6) is 0 Å². The maximum absolute atomic E-state index is 10.9. The number of furan rings is 1. The van der Waals surface area contributed by atoms with Gasteiger partial charge >= 0.3 is 0 Å². The first-order valence-corrected chi connectivity index (χ1v) is 6.48. The van der Waals surface area contributed by atoms with Gasteiger partial charge in [-0.2, -0.15) is 0 Å². The number of carbonyl (C=O) groups excluding carboxylic acids is 1. The van der Waals surface area contributed by atoms with Gasteiger partial charge in [0, 0.05) is 13.1 Å². The Morgan fingerprint density at radius 1 is 1.58 bits per heavy atom. The molecule has 4 N–H and O–H groups in total. The summed E-state index contributed by atoms with van der Waals surface area (Å²) in [5.74, 6) is 1.26. The van der Waals surface area contributed by atoms with E-state index >= 15 is 0 Å². The number of rotatable bonds is 3. The predicted octanol–water partition coefficient (Wildman–Crippen LogP) is 0.925. The van der Waals surface area contributed by atoms with Crippen molar-refractivity contribution in [2.24, 2.45) is 22.4 Å². The summed E-state index contributed by atoms with van der Waals surface area (Å²) < 4.78 is 5.20. The van der Waals surface area contributed by atoms with Gasteiger partial charge < -0.3 is 20.8 Å². The summed E-state index contributed by atoms with van der Waals surface area (Å²) in [6, 6.07) is 1.60. The monoisotopic (exact) mass is 264 g/mol. The van der Waals surface area contributed by atoms with E-state index in [4.69, 9.17) is 15.9 Å². The van der Waals surface area contributed by atoms with E-state index in [0.29, 0.717) is 29.7 Å². The number of amides is 1. The topological polar surface area (TPSA) is 97.9 Å². The largest absolute Gasteiger partial charge is 0.467 e. The van der Waals surface area contributed by atoms with E-state index in [2.05, 4.69) is 16.8 Å². The second-order valence-corrected chi connectivity index (χ2v) is 5.03. The Hall–Kier alpha value is -1.98. The molecule has 1 amide bonds. The van der Waals surface area contributed by atoms with Gasteiger partial charge in [0.15, 0.2) is 5.96 Å². The van der Waals surface area contributed by atoms with Gasteiger partial charge in [-0.1, -0.05) is 6.92 Å². The van der Waals surface area contributed by atoms with Gasteiger partial charge in [0.25, 0.3) is 5.91 Å². The molecule has 0 radical (unpaired) electrons. The van der Waals surface area contributed by atoms with Crippen LogP contribution in [0.1, 0.15) is 35.9 Å². The number of nitrogens with two attached hydrogens (primary N) is 2. The van der Waals surface area contributed by atoms with Crippen LogP contribution < -0.4 is 11.5 Å². The van der Waals surface area contributed by atoms with E-state index in [-0.39, 0.29) is 0 Å². The number of aliphatic imine (C=N–C) groups is 1. The molecule has 1 unspecified atom stereocenters. The minimum atomic E-state index is -0.503. The lowest BCUT2D eigenvalue weighted by Crippen LogP contribution is -2.43. The van der Waals surface area contributed by atoms with Crippen molar-refractivity contribution >= 4 is 11.9 Å². The molecule has 1 aromatic heterocycles. The second kappa shape index (κ2) is 5.77. The summed E-state index contributed by atoms with van der Waals surface area (Å²) in [4.78, 5) is 17.3. The highest BCUT2D eigenvalue weighted by Crippen LogP contribution is 2.15. The molecule has 0 spiro atoms. The smallest absolute Gasteiger partial charge is 0.251 e. The van der Waals surface area contributed by atoms with Crippen LogP contribution in [-0.2, 0) is 6.54 Å². The first-order valence-electron chi connectivity index (χ1n) is 6.48. The van der Waals surface area contributed by atoms with Crippen molar-refractivity contribution in [3.63, 3.8) is 0 Å². The van der Waals surface area contributed by atoms with Gasteiger partial charge in [0.2, 0.25) is 0 Å². The number of hydrogen-bond donors (Lipinski definition) is 2. The minimum Gasteiger partial charge on any atom is -0.467 e. The van der Waals surface area contributed by atoms with E-state index in [1.807, 2.05) is 0 Å². The fourth-order valence-electron chi connectivity index (χ4n) is 2.25. The fourth-order valence-corrected chi connectivity index (χ4v) is 2.25. The lowest BCUT2D eigenvalue weighted by Gasteiger charge is -2.31. The highest BCUT2D eigenvalue weighted by atomic mass is 16.3. The molecule has 1 aliphatic rings. The van der Waals surface area contributed by atoms with Crippen molar-refractivity contribution in [2.45, 2.75) is 26.3 Å². The van der Waals surface area contributed by atoms with Crippen LogP contribution in [-0.4, -0.2) is 29.9 Å². The summed E-state index contributed by atoms with van der Waals surface area (Å²) >= 11 is 0. The Kier molecular flexibility index (Phi) is 4.09. The number of guanidine groups is 1. The quantitative estimate of drug-likeness (QED) is 0.626. The van der Waals surface area contributed by atoms with Crippen molar-refractivity contribution in [3.8, 4) is 0 Å². The van der Waals surface area contributed by atoms with Gasteiger partial charge in [0.05, 0.1) is 5.56 Å². The molecule has 0 aromatic carbocycles. The lowest BCUT2D eigenvalue weighted by molar-refractivity contribution is 0.0999.